The highest BCUT2D eigenvalue weighted by Crippen LogP contribution is 2.28. The molecular weight excluding hydrogens is 382 g/mol. The summed E-state index contributed by atoms with van der Waals surface area (Å²) in [5, 5.41) is 3.08. The van der Waals surface area contributed by atoms with Gasteiger partial charge in [0.05, 0.1) is 6.42 Å². The van der Waals surface area contributed by atoms with Gasteiger partial charge in [-0.15, -0.1) is 0 Å². The molecule has 3 heterocycles. The standard InChI is InChI=1S/C27H27N3O/c31-27(28-22-12-14-23(15-13-22)29-16-6-2-7-17-29)20-26-25(21-9-3-1-4-10-21)19-24-11-5-8-18-30(24)26/h1,3-5,8-15,18-19H,2,6-7,16-17,20H2,(H,28,31). The van der Waals surface area contributed by atoms with Crippen LogP contribution in [0.4, 0.5) is 11.4 Å². The van der Waals surface area contributed by atoms with Crippen molar-refractivity contribution in [3.63, 3.8) is 0 Å². The number of nitrogens with one attached hydrogen (secondary N) is 1. The molecule has 0 aliphatic carbocycles. The molecule has 2 aromatic carbocycles. The van der Waals surface area contributed by atoms with E-state index in [2.05, 4.69) is 51.0 Å². The largest absolute Gasteiger partial charge is 0.372 e. The second-order valence-corrected chi connectivity index (χ2v) is 8.19. The smallest absolute Gasteiger partial charge is 0.230 e. The van der Waals surface area contributed by atoms with Crippen molar-refractivity contribution in [1.29, 1.82) is 0 Å². The molecule has 0 bridgehead atoms. The summed E-state index contributed by atoms with van der Waals surface area (Å²) < 4.78 is 2.11. The fourth-order valence-corrected chi connectivity index (χ4v) is 4.49. The number of amides is 1. The van der Waals surface area contributed by atoms with Crippen LogP contribution in [0.5, 0.6) is 0 Å². The van der Waals surface area contributed by atoms with Gasteiger partial charge in [-0.05, 0) is 67.3 Å². The van der Waals surface area contributed by atoms with E-state index < -0.39 is 0 Å². The molecule has 1 fully saturated rings. The van der Waals surface area contributed by atoms with Crippen LogP contribution in [-0.4, -0.2) is 23.4 Å². The van der Waals surface area contributed by atoms with E-state index in [1.54, 1.807) is 0 Å². The van der Waals surface area contributed by atoms with Gasteiger partial charge >= 0.3 is 0 Å². The van der Waals surface area contributed by atoms with E-state index in [4.69, 9.17) is 0 Å². The number of benzene rings is 2. The van der Waals surface area contributed by atoms with Crippen LogP contribution in [0.1, 0.15) is 25.0 Å². The van der Waals surface area contributed by atoms with Gasteiger partial charge in [-0.1, -0.05) is 36.4 Å². The summed E-state index contributed by atoms with van der Waals surface area (Å²) in [6, 6.07) is 26.8. The number of pyridine rings is 1. The minimum absolute atomic E-state index is 0.00763. The van der Waals surface area contributed by atoms with Crippen LogP contribution in [-0.2, 0) is 11.2 Å². The molecule has 0 atom stereocenters. The topological polar surface area (TPSA) is 36.8 Å². The number of carbonyl (C=O) groups excluding carboxylic acids is 1. The lowest BCUT2D eigenvalue weighted by molar-refractivity contribution is -0.115. The van der Waals surface area contributed by atoms with Crippen molar-refractivity contribution in [2.24, 2.45) is 0 Å². The van der Waals surface area contributed by atoms with Crippen LogP contribution in [0.25, 0.3) is 16.6 Å². The van der Waals surface area contributed by atoms with Crippen molar-refractivity contribution < 1.29 is 4.79 Å². The normalized spacial score (nSPS) is 14.0. The van der Waals surface area contributed by atoms with Crippen molar-refractivity contribution in [3.8, 4) is 11.1 Å². The summed E-state index contributed by atoms with van der Waals surface area (Å²) in [5.41, 5.74) is 6.40. The van der Waals surface area contributed by atoms with Crippen LogP contribution >= 0.6 is 0 Å². The molecule has 4 heteroatoms. The fraction of sp³-hybridized carbons (Fsp3) is 0.222. The van der Waals surface area contributed by atoms with Gasteiger partial charge in [0.25, 0.3) is 0 Å². The summed E-state index contributed by atoms with van der Waals surface area (Å²) in [6.07, 6.45) is 6.18. The van der Waals surface area contributed by atoms with Crippen LogP contribution < -0.4 is 10.2 Å². The fourth-order valence-electron chi connectivity index (χ4n) is 4.49. The van der Waals surface area contributed by atoms with Crippen molar-refractivity contribution in [2.75, 3.05) is 23.3 Å². The predicted molar refractivity (Wildman–Crippen MR) is 128 cm³/mol. The van der Waals surface area contributed by atoms with Crippen LogP contribution in [0.2, 0.25) is 0 Å². The second kappa shape index (κ2) is 8.68. The Balaban J connectivity index is 1.36. The van der Waals surface area contributed by atoms with Gasteiger partial charge in [0.1, 0.15) is 0 Å². The first-order valence-corrected chi connectivity index (χ1v) is 11.1. The van der Waals surface area contributed by atoms with Crippen molar-refractivity contribution >= 4 is 22.8 Å². The van der Waals surface area contributed by atoms with Gasteiger partial charge < -0.3 is 14.6 Å². The minimum Gasteiger partial charge on any atom is -0.372 e. The zero-order valence-corrected chi connectivity index (χ0v) is 17.6. The van der Waals surface area contributed by atoms with Crippen LogP contribution in [0, 0.1) is 0 Å². The number of fused-ring (bicyclic) bond motifs is 1. The molecule has 0 saturated carbocycles. The van der Waals surface area contributed by atoms with Gasteiger partial charge in [0.15, 0.2) is 0 Å². The highest BCUT2D eigenvalue weighted by Gasteiger charge is 2.16. The summed E-state index contributed by atoms with van der Waals surface area (Å²) in [5.74, 6) is -0.00763. The highest BCUT2D eigenvalue weighted by molar-refractivity contribution is 5.94. The number of carbonyl (C=O) groups is 1. The van der Waals surface area contributed by atoms with Crippen LogP contribution in [0.3, 0.4) is 0 Å². The molecule has 0 unspecified atom stereocenters. The van der Waals surface area contributed by atoms with E-state index in [0.29, 0.717) is 6.42 Å². The molecule has 1 saturated heterocycles. The maximum atomic E-state index is 13.0. The third-order valence-corrected chi connectivity index (χ3v) is 6.07. The summed E-state index contributed by atoms with van der Waals surface area (Å²) in [6.45, 7) is 2.24. The minimum atomic E-state index is -0.00763. The molecule has 1 aliphatic heterocycles. The number of anilines is 2. The molecule has 0 spiro atoms. The molecule has 31 heavy (non-hydrogen) atoms. The first-order valence-electron chi connectivity index (χ1n) is 11.1. The number of rotatable bonds is 5. The Hall–Kier alpha value is -3.53. The lowest BCUT2D eigenvalue weighted by Crippen LogP contribution is -2.29. The van der Waals surface area contributed by atoms with Crippen LogP contribution in [0.15, 0.2) is 85.1 Å². The number of piperidine rings is 1. The average Bonchev–Trinajstić information content (AvgIpc) is 3.19. The lowest BCUT2D eigenvalue weighted by Gasteiger charge is -2.28. The number of hydrogen-bond acceptors (Lipinski definition) is 2. The van der Waals surface area contributed by atoms with E-state index in [1.807, 2.05) is 48.7 Å². The maximum Gasteiger partial charge on any atom is 0.230 e. The zero-order valence-electron chi connectivity index (χ0n) is 17.6. The predicted octanol–water partition coefficient (Wildman–Crippen LogP) is 5.78. The highest BCUT2D eigenvalue weighted by atomic mass is 16.1. The molecule has 1 aliphatic rings. The van der Waals surface area contributed by atoms with Gasteiger partial charge in [0.2, 0.25) is 5.91 Å². The van der Waals surface area contributed by atoms with E-state index in [9.17, 15) is 4.79 Å². The Labute approximate surface area is 183 Å². The molecular formula is C27H27N3O. The third kappa shape index (κ3) is 4.19. The van der Waals surface area contributed by atoms with E-state index in [1.165, 1.54) is 24.9 Å². The molecule has 2 aromatic heterocycles. The molecule has 5 rings (SSSR count). The van der Waals surface area contributed by atoms with Gasteiger partial charge in [-0.25, -0.2) is 0 Å². The Bertz CT molecular complexity index is 1170. The molecule has 1 amide bonds. The zero-order chi connectivity index (χ0) is 21.0. The summed E-state index contributed by atoms with van der Waals surface area (Å²) in [4.78, 5) is 15.4. The van der Waals surface area contributed by atoms with Gasteiger partial charge in [0, 0.05) is 47.4 Å². The third-order valence-electron chi connectivity index (χ3n) is 6.07. The van der Waals surface area contributed by atoms with E-state index in [-0.39, 0.29) is 5.91 Å². The molecule has 156 valence electrons. The molecule has 0 radical (unpaired) electrons. The first-order chi connectivity index (χ1) is 15.3. The Morgan fingerprint density at radius 1 is 0.839 bits per heavy atom. The molecule has 4 nitrogen and oxygen atoms in total. The van der Waals surface area contributed by atoms with Crippen molar-refractivity contribution in [2.45, 2.75) is 25.7 Å². The quantitative estimate of drug-likeness (QED) is 0.454. The first kappa shape index (κ1) is 19.4. The number of nitrogens with zero attached hydrogens (tertiary/aromatic N) is 2. The Morgan fingerprint density at radius 2 is 1.58 bits per heavy atom. The molecule has 4 aromatic rings. The van der Waals surface area contributed by atoms with E-state index >= 15 is 0 Å². The van der Waals surface area contributed by atoms with Crippen molar-refractivity contribution in [1.82, 2.24) is 4.40 Å². The van der Waals surface area contributed by atoms with Gasteiger partial charge in [-0.2, -0.15) is 0 Å². The lowest BCUT2D eigenvalue weighted by atomic mass is 10.0. The summed E-state index contributed by atoms with van der Waals surface area (Å²) in [7, 11) is 0. The van der Waals surface area contributed by atoms with Gasteiger partial charge in [-0.3, -0.25) is 4.79 Å². The van der Waals surface area contributed by atoms with Crippen molar-refractivity contribution in [3.05, 3.63) is 90.8 Å². The second-order valence-electron chi connectivity index (χ2n) is 8.19. The Kier molecular flexibility index (Phi) is 5.44. The number of aromatic nitrogens is 1. The Morgan fingerprint density at radius 3 is 2.35 bits per heavy atom. The SMILES string of the molecule is O=C(Cc1c(-c2ccccc2)cc2ccccn12)Nc1ccc(N2CCCCC2)cc1. The average molecular weight is 410 g/mol. The monoisotopic (exact) mass is 409 g/mol. The molecule has 1 N–H and O–H groups in total. The maximum absolute atomic E-state index is 13.0. The van der Waals surface area contributed by atoms with E-state index in [0.717, 1.165) is 41.1 Å². The summed E-state index contributed by atoms with van der Waals surface area (Å²) >= 11 is 0. The number of hydrogen-bond donors (Lipinski definition) is 1.